The summed E-state index contributed by atoms with van der Waals surface area (Å²) in [6.07, 6.45) is 32.4. The second-order valence-electron chi connectivity index (χ2n) is 18.5. The highest BCUT2D eigenvalue weighted by atomic mass is 16.3. The summed E-state index contributed by atoms with van der Waals surface area (Å²) < 4.78 is 0. The van der Waals surface area contributed by atoms with Gasteiger partial charge in [-0.25, -0.2) is 0 Å². The molecule has 5 aliphatic carbocycles. The largest absolute Gasteiger partial charge is 0.507 e. The molecule has 0 aromatic heterocycles. The minimum atomic E-state index is 0.440. The van der Waals surface area contributed by atoms with Crippen molar-refractivity contribution in [3.63, 3.8) is 0 Å². The van der Waals surface area contributed by atoms with Gasteiger partial charge in [0.25, 0.3) is 0 Å². The molecule has 5 aliphatic rings. The maximum atomic E-state index is 12.3. The number of phenols is 3. The molecule has 0 heterocycles. The van der Waals surface area contributed by atoms with Crippen LogP contribution in [-0.2, 0) is 12.8 Å². The van der Waals surface area contributed by atoms with Crippen LogP contribution in [0.3, 0.4) is 0 Å². The molecule has 0 radical (unpaired) electrons. The molecular formula is C50H68O3. The first-order valence-electron chi connectivity index (χ1n) is 22.6. The van der Waals surface area contributed by atoms with Crippen LogP contribution in [0.2, 0.25) is 0 Å². The Kier molecular flexibility index (Phi) is 12.0. The van der Waals surface area contributed by atoms with Crippen molar-refractivity contribution >= 4 is 0 Å². The van der Waals surface area contributed by atoms with Gasteiger partial charge in [-0.2, -0.15) is 0 Å². The van der Waals surface area contributed by atoms with Crippen LogP contribution in [0.25, 0.3) is 0 Å². The molecule has 5 fully saturated rings. The maximum Gasteiger partial charge on any atom is 0.122 e. The summed E-state index contributed by atoms with van der Waals surface area (Å²) in [5.74, 6) is 3.94. The summed E-state index contributed by atoms with van der Waals surface area (Å²) in [7, 11) is 0. The van der Waals surface area contributed by atoms with Gasteiger partial charge in [0, 0.05) is 12.8 Å². The Morgan fingerprint density at radius 1 is 0.321 bits per heavy atom. The van der Waals surface area contributed by atoms with Crippen LogP contribution in [-0.4, -0.2) is 15.3 Å². The van der Waals surface area contributed by atoms with Gasteiger partial charge in [0.1, 0.15) is 17.2 Å². The maximum absolute atomic E-state index is 12.3. The van der Waals surface area contributed by atoms with Crippen molar-refractivity contribution in [2.75, 3.05) is 0 Å². The summed E-state index contributed by atoms with van der Waals surface area (Å²) in [6, 6.07) is 14.0. The Hall–Kier alpha value is -2.94. The number of rotatable bonds is 9. The predicted octanol–water partition coefficient (Wildman–Crippen LogP) is 14.2. The monoisotopic (exact) mass is 717 g/mol. The third kappa shape index (κ3) is 8.50. The Morgan fingerprint density at radius 3 is 0.868 bits per heavy atom. The highest BCUT2D eigenvalue weighted by Crippen LogP contribution is 2.47. The Morgan fingerprint density at radius 2 is 0.585 bits per heavy atom. The van der Waals surface area contributed by atoms with Gasteiger partial charge in [0.05, 0.1) is 0 Å². The minimum absolute atomic E-state index is 0.440. The van der Waals surface area contributed by atoms with Crippen molar-refractivity contribution < 1.29 is 15.3 Å². The van der Waals surface area contributed by atoms with Crippen molar-refractivity contribution in [2.24, 2.45) is 0 Å². The van der Waals surface area contributed by atoms with E-state index in [2.05, 4.69) is 36.4 Å². The first-order valence-corrected chi connectivity index (χ1v) is 22.6. The van der Waals surface area contributed by atoms with Crippen molar-refractivity contribution in [3.8, 4) is 17.2 Å². The number of hydrogen-bond acceptors (Lipinski definition) is 3. The highest BCUT2D eigenvalue weighted by molar-refractivity contribution is 5.54. The van der Waals surface area contributed by atoms with Gasteiger partial charge in [-0.1, -0.05) is 133 Å². The highest BCUT2D eigenvalue weighted by Gasteiger charge is 2.29. The number of aromatic hydroxyl groups is 3. The van der Waals surface area contributed by atoms with Crippen LogP contribution in [0.15, 0.2) is 36.4 Å². The molecule has 8 rings (SSSR count). The second-order valence-corrected chi connectivity index (χ2v) is 18.5. The van der Waals surface area contributed by atoms with E-state index in [4.69, 9.17) is 0 Å². The molecule has 5 saturated carbocycles. The van der Waals surface area contributed by atoms with Gasteiger partial charge in [0.2, 0.25) is 0 Å². The molecule has 3 N–H and O–H groups in total. The summed E-state index contributed by atoms with van der Waals surface area (Å²) in [5.41, 5.74) is 10.8. The quantitative estimate of drug-likeness (QED) is 0.207. The molecule has 3 nitrogen and oxygen atoms in total. The standard InChI is InChI=1S/C50H68O3/c51-48-42(26-34-28-44(37-18-8-2-9-19-37)49(52)45(29-34)38-20-10-3-11-21-38)32-41(36-16-6-1-7-17-36)33-43(48)27-35-30-46(39-22-12-4-13-23-39)50(53)47(31-35)40-24-14-5-15-25-40/h28-33,36-40,51-53H,1-27H2. The normalized spacial score (nSPS) is 22.0. The second kappa shape index (κ2) is 17.2. The number of hydrogen-bond donors (Lipinski definition) is 3. The van der Waals surface area contributed by atoms with E-state index in [1.54, 1.807) is 0 Å². The number of benzene rings is 3. The fraction of sp³-hybridized carbons (Fsp3) is 0.640. The first kappa shape index (κ1) is 37.0. The van der Waals surface area contributed by atoms with Gasteiger partial charge in [0.15, 0.2) is 0 Å². The third-order valence-electron chi connectivity index (χ3n) is 14.8. The van der Waals surface area contributed by atoms with Crippen molar-refractivity contribution in [2.45, 2.75) is 203 Å². The lowest BCUT2D eigenvalue weighted by Crippen LogP contribution is -2.11. The molecule has 3 aromatic rings. The molecule has 0 amide bonds. The topological polar surface area (TPSA) is 60.7 Å². The van der Waals surface area contributed by atoms with E-state index in [0.29, 0.717) is 59.7 Å². The van der Waals surface area contributed by atoms with E-state index in [1.807, 2.05) is 0 Å². The molecule has 0 spiro atoms. The predicted molar refractivity (Wildman–Crippen MR) is 219 cm³/mol. The zero-order chi connectivity index (χ0) is 36.1. The lowest BCUT2D eigenvalue weighted by atomic mass is 9.77. The molecule has 0 bridgehead atoms. The van der Waals surface area contributed by atoms with Crippen molar-refractivity contribution in [1.29, 1.82) is 0 Å². The van der Waals surface area contributed by atoms with Crippen molar-refractivity contribution in [3.05, 3.63) is 86.5 Å². The lowest BCUT2D eigenvalue weighted by Gasteiger charge is -2.29. The van der Waals surface area contributed by atoms with Crippen LogP contribution in [0.1, 0.15) is 240 Å². The fourth-order valence-corrected chi connectivity index (χ4v) is 11.8. The van der Waals surface area contributed by atoms with Crippen LogP contribution in [0.5, 0.6) is 17.2 Å². The Balaban J connectivity index is 1.18. The van der Waals surface area contributed by atoms with Crippen molar-refractivity contribution in [1.82, 2.24) is 0 Å². The molecule has 0 atom stereocenters. The van der Waals surface area contributed by atoms with E-state index in [1.165, 1.54) is 199 Å². The first-order chi connectivity index (χ1) is 26.0. The van der Waals surface area contributed by atoms with E-state index in [0.717, 1.165) is 11.1 Å². The van der Waals surface area contributed by atoms with Crippen LogP contribution < -0.4 is 0 Å². The summed E-state index contributed by atoms with van der Waals surface area (Å²) in [5, 5.41) is 36.0. The molecule has 0 saturated heterocycles. The smallest absolute Gasteiger partial charge is 0.122 e. The van der Waals surface area contributed by atoms with Crippen LogP contribution >= 0.6 is 0 Å². The molecular weight excluding hydrogens is 649 g/mol. The number of phenolic OH excluding ortho intramolecular Hbond substituents is 3. The zero-order valence-electron chi connectivity index (χ0n) is 32.8. The van der Waals surface area contributed by atoms with Gasteiger partial charge in [-0.05, 0) is 144 Å². The Bertz CT molecular complexity index is 1480. The van der Waals surface area contributed by atoms with E-state index in [9.17, 15) is 15.3 Å². The van der Waals surface area contributed by atoms with Gasteiger partial charge < -0.3 is 15.3 Å². The van der Waals surface area contributed by atoms with E-state index in [-0.39, 0.29) is 0 Å². The molecule has 53 heavy (non-hydrogen) atoms. The van der Waals surface area contributed by atoms with Crippen LogP contribution in [0.4, 0.5) is 0 Å². The van der Waals surface area contributed by atoms with E-state index < -0.39 is 0 Å². The molecule has 3 aromatic carbocycles. The third-order valence-corrected chi connectivity index (χ3v) is 14.8. The summed E-state index contributed by atoms with van der Waals surface area (Å²) in [4.78, 5) is 0. The zero-order valence-corrected chi connectivity index (χ0v) is 32.8. The minimum Gasteiger partial charge on any atom is -0.507 e. The average Bonchev–Trinajstić information content (AvgIpc) is 3.22. The van der Waals surface area contributed by atoms with Gasteiger partial charge in [-0.15, -0.1) is 0 Å². The average molecular weight is 717 g/mol. The fourth-order valence-electron chi connectivity index (χ4n) is 11.8. The molecule has 0 unspecified atom stereocenters. The molecule has 286 valence electrons. The molecule has 3 heteroatoms. The Labute approximate surface area is 321 Å². The summed E-state index contributed by atoms with van der Waals surface area (Å²) in [6.45, 7) is 0. The van der Waals surface area contributed by atoms with Gasteiger partial charge in [-0.3, -0.25) is 0 Å². The summed E-state index contributed by atoms with van der Waals surface area (Å²) >= 11 is 0. The SMILES string of the molecule is Oc1c(Cc2cc(C3CCCCC3)c(O)c(C3CCCCC3)c2)cc(C2CCCCC2)cc1Cc1cc(C2CCCCC2)c(O)c(C2CCCCC2)c1. The lowest BCUT2D eigenvalue weighted by molar-refractivity contribution is 0.392. The van der Waals surface area contributed by atoms with Crippen LogP contribution in [0, 0.1) is 0 Å². The van der Waals surface area contributed by atoms with E-state index >= 15 is 0 Å². The van der Waals surface area contributed by atoms with Gasteiger partial charge >= 0.3 is 0 Å². The molecule has 0 aliphatic heterocycles.